The summed E-state index contributed by atoms with van der Waals surface area (Å²) in [4.78, 5) is 0. The highest BCUT2D eigenvalue weighted by Gasteiger charge is 2.42. The highest BCUT2D eigenvalue weighted by Crippen LogP contribution is 2.32. The molecule has 0 saturated heterocycles. The van der Waals surface area contributed by atoms with Crippen LogP contribution in [-0.2, 0) is 4.74 Å². The van der Waals surface area contributed by atoms with Gasteiger partial charge in [-0.3, -0.25) is 4.74 Å². The standard InChI is InChI=1S/C6H6F6O/c1-5(2,3(7)4(8)9)13-6(10,11)12/h1-2H3. The quantitative estimate of drug-likeness (QED) is 0.632. The number of hydrogen-bond acceptors (Lipinski definition) is 1. The summed E-state index contributed by atoms with van der Waals surface area (Å²) in [5, 5.41) is 0. The normalized spacial score (nSPS) is 12.9. The maximum atomic E-state index is 12.3. The third-order valence-electron chi connectivity index (χ3n) is 1.07. The summed E-state index contributed by atoms with van der Waals surface area (Å²) >= 11 is 0. The van der Waals surface area contributed by atoms with Gasteiger partial charge in [-0.05, 0) is 13.8 Å². The van der Waals surface area contributed by atoms with E-state index in [9.17, 15) is 26.3 Å². The average Bonchev–Trinajstić information content (AvgIpc) is 1.80. The smallest absolute Gasteiger partial charge is 0.278 e. The van der Waals surface area contributed by atoms with E-state index < -0.39 is 23.9 Å². The van der Waals surface area contributed by atoms with Crippen molar-refractivity contribution >= 4 is 0 Å². The van der Waals surface area contributed by atoms with Gasteiger partial charge in [0.1, 0.15) is 5.60 Å². The van der Waals surface area contributed by atoms with Crippen molar-refractivity contribution in [2.75, 3.05) is 0 Å². The van der Waals surface area contributed by atoms with Gasteiger partial charge in [0.2, 0.25) is 0 Å². The summed E-state index contributed by atoms with van der Waals surface area (Å²) in [7, 11) is 0. The van der Waals surface area contributed by atoms with Crippen LogP contribution in [-0.4, -0.2) is 12.0 Å². The Labute approximate surface area is 70.0 Å². The Kier molecular flexibility index (Phi) is 3.37. The summed E-state index contributed by atoms with van der Waals surface area (Å²) in [6, 6.07) is 0. The second-order valence-electron chi connectivity index (χ2n) is 2.63. The van der Waals surface area contributed by atoms with Crippen molar-refractivity contribution in [2.45, 2.75) is 25.8 Å². The van der Waals surface area contributed by atoms with Crippen LogP contribution in [0.4, 0.5) is 26.3 Å². The zero-order chi connectivity index (χ0) is 10.9. The minimum Gasteiger partial charge on any atom is -0.278 e. The van der Waals surface area contributed by atoms with Gasteiger partial charge in [-0.1, -0.05) is 0 Å². The molecule has 0 amide bonds. The lowest BCUT2D eigenvalue weighted by atomic mass is 10.1. The summed E-state index contributed by atoms with van der Waals surface area (Å²) < 4.78 is 73.1. The van der Waals surface area contributed by atoms with Gasteiger partial charge in [0.05, 0.1) is 0 Å². The Morgan fingerprint density at radius 3 is 1.62 bits per heavy atom. The summed E-state index contributed by atoms with van der Waals surface area (Å²) in [5.41, 5.74) is -2.70. The van der Waals surface area contributed by atoms with Crippen molar-refractivity contribution in [3.05, 3.63) is 11.9 Å². The molecule has 0 rings (SSSR count). The van der Waals surface area contributed by atoms with Crippen molar-refractivity contribution in [1.82, 2.24) is 0 Å². The molecule has 0 heterocycles. The maximum Gasteiger partial charge on any atom is 0.523 e. The van der Waals surface area contributed by atoms with Crippen LogP contribution in [0.2, 0.25) is 0 Å². The van der Waals surface area contributed by atoms with Crippen molar-refractivity contribution in [2.24, 2.45) is 0 Å². The van der Waals surface area contributed by atoms with Gasteiger partial charge < -0.3 is 0 Å². The lowest BCUT2D eigenvalue weighted by Crippen LogP contribution is -2.33. The van der Waals surface area contributed by atoms with Crippen molar-refractivity contribution < 1.29 is 31.1 Å². The van der Waals surface area contributed by atoms with Crippen molar-refractivity contribution in [3.63, 3.8) is 0 Å². The lowest BCUT2D eigenvalue weighted by molar-refractivity contribution is -0.357. The van der Waals surface area contributed by atoms with Gasteiger partial charge in [-0.2, -0.15) is 8.78 Å². The van der Waals surface area contributed by atoms with Crippen LogP contribution in [0.5, 0.6) is 0 Å². The molecule has 0 aliphatic carbocycles. The van der Waals surface area contributed by atoms with Gasteiger partial charge in [-0.25, -0.2) is 4.39 Å². The van der Waals surface area contributed by atoms with Crippen LogP contribution < -0.4 is 0 Å². The number of rotatable bonds is 2. The molecule has 0 aliphatic rings. The summed E-state index contributed by atoms with van der Waals surface area (Å²) in [6.45, 7) is 1.10. The Bertz CT molecular complexity index is 212. The molecule has 7 heteroatoms. The summed E-state index contributed by atoms with van der Waals surface area (Å²) in [5.74, 6) is -2.23. The molecule has 0 unspecified atom stereocenters. The first-order chi connectivity index (χ1) is 5.56. The monoisotopic (exact) mass is 208 g/mol. The van der Waals surface area contributed by atoms with Crippen LogP contribution >= 0.6 is 0 Å². The van der Waals surface area contributed by atoms with E-state index in [2.05, 4.69) is 4.74 Å². The van der Waals surface area contributed by atoms with Gasteiger partial charge in [0.25, 0.3) is 0 Å². The molecule has 0 saturated carbocycles. The van der Waals surface area contributed by atoms with Crippen LogP contribution in [0.3, 0.4) is 0 Å². The van der Waals surface area contributed by atoms with Gasteiger partial charge in [-0.15, -0.1) is 13.2 Å². The zero-order valence-electron chi connectivity index (χ0n) is 6.68. The molecule has 0 aliphatic heterocycles. The zero-order valence-corrected chi connectivity index (χ0v) is 6.68. The molecule has 13 heavy (non-hydrogen) atoms. The van der Waals surface area contributed by atoms with E-state index in [1.165, 1.54) is 0 Å². The van der Waals surface area contributed by atoms with E-state index in [4.69, 9.17) is 0 Å². The minimum atomic E-state index is -5.16. The van der Waals surface area contributed by atoms with Crippen LogP contribution in [0.25, 0.3) is 0 Å². The largest absolute Gasteiger partial charge is 0.523 e. The molecule has 0 aromatic heterocycles. The molecule has 0 atom stereocenters. The molecule has 0 aromatic carbocycles. The Morgan fingerprint density at radius 2 is 1.38 bits per heavy atom. The highest BCUT2D eigenvalue weighted by molar-refractivity contribution is 5.06. The van der Waals surface area contributed by atoms with Gasteiger partial charge >= 0.3 is 12.4 Å². The van der Waals surface area contributed by atoms with Crippen LogP contribution in [0, 0.1) is 0 Å². The first-order valence-corrected chi connectivity index (χ1v) is 3.04. The second kappa shape index (κ2) is 3.57. The average molecular weight is 208 g/mol. The Hall–Kier alpha value is -0.720. The van der Waals surface area contributed by atoms with Crippen LogP contribution in [0.15, 0.2) is 11.9 Å². The lowest BCUT2D eigenvalue weighted by Gasteiger charge is -2.23. The van der Waals surface area contributed by atoms with Gasteiger partial charge in [0, 0.05) is 0 Å². The van der Waals surface area contributed by atoms with Crippen LogP contribution in [0.1, 0.15) is 13.8 Å². The molecule has 0 spiro atoms. The number of ether oxygens (including phenoxy) is 1. The third-order valence-corrected chi connectivity index (χ3v) is 1.07. The third kappa shape index (κ3) is 4.16. The minimum absolute atomic E-state index is 0.551. The predicted octanol–water partition coefficient (Wildman–Crippen LogP) is 3.38. The topological polar surface area (TPSA) is 9.23 Å². The van der Waals surface area contributed by atoms with E-state index in [1.807, 2.05) is 0 Å². The van der Waals surface area contributed by atoms with E-state index in [-0.39, 0.29) is 0 Å². The van der Waals surface area contributed by atoms with Crippen molar-refractivity contribution in [3.8, 4) is 0 Å². The van der Waals surface area contributed by atoms with Crippen molar-refractivity contribution in [1.29, 1.82) is 0 Å². The molecule has 1 nitrogen and oxygen atoms in total. The molecule has 0 N–H and O–H groups in total. The molecule has 78 valence electrons. The molecular formula is C6H6F6O. The van der Waals surface area contributed by atoms with E-state index in [0.29, 0.717) is 13.8 Å². The molecule has 0 aromatic rings. The number of alkyl halides is 3. The SMILES string of the molecule is CC(C)(OC(F)(F)F)C(F)=C(F)F. The van der Waals surface area contributed by atoms with Gasteiger partial charge in [0.15, 0.2) is 5.83 Å². The molecule has 0 bridgehead atoms. The highest BCUT2D eigenvalue weighted by atomic mass is 19.4. The maximum absolute atomic E-state index is 12.3. The fourth-order valence-corrected chi connectivity index (χ4v) is 0.562. The first kappa shape index (κ1) is 12.3. The number of halogens is 6. The fourth-order valence-electron chi connectivity index (χ4n) is 0.562. The predicted molar refractivity (Wildman–Crippen MR) is 31.6 cm³/mol. The molecule has 0 radical (unpaired) electrons. The number of hydrogen-bond donors (Lipinski definition) is 0. The van der Waals surface area contributed by atoms with E-state index >= 15 is 0 Å². The van der Waals surface area contributed by atoms with E-state index in [1.54, 1.807) is 0 Å². The second-order valence-corrected chi connectivity index (χ2v) is 2.63. The van der Waals surface area contributed by atoms with E-state index in [0.717, 1.165) is 0 Å². The Balaban J connectivity index is 4.69. The summed E-state index contributed by atoms with van der Waals surface area (Å²) in [6.07, 6.45) is -7.98. The molecule has 0 fully saturated rings. The first-order valence-electron chi connectivity index (χ1n) is 3.04. The fraction of sp³-hybridized carbons (Fsp3) is 0.667. The molecular weight excluding hydrogens is 202 g/mol. The Morgan fingerprint density at radius 1 is 1.00 bits per heavy atom.